The van der Waals surface area contributed by atoms with Gasteiger partial charge in [0, 0.05) is 39.8 Å². The summed E-state index contributed by atoms with van der Waals surface area (Å²) in [5.41, 5.74) is 2.06. The van der Waals surface area contributed by atoms with Gasteiger partial charge in [0.15, 0.2) is 0 Å². The molecule has 0 atom stereocenters. The Labute approximate surface area is 137 Å². The molecule has 1 aliphatic rings. The quantitative estimate of drug-likeness (QED) is 0.831. The van der Waals surface area contributed by atoms with E-state index in [4.69, 9.17) is 9.72 Å². The predicted molar refractivity (Wildman–Crippen MR) is 92.0 cm³/mol. The van der Waals surface area contributed by atoms with Crippen LogP contribution < -0.4 is 4.90 Å². The van der Waals surface area contributed by atoms with Crippen molar-refractivity contribution in [1.82, 2.24) is 14.5 Å². The summed E-state index contributed by atoms with van der Waals surface area (Å²) in [4.78, 5) is 9.38. The van der Waals surface area contributed by atoms with E-state index >= 15 is 0 Å². The minimum absolute atomic E-state index is 0.120. The van der Waals surface area contributed by atoms with Crippen LogP contribution in [0.15, 0.2) is 24.3 Å². The number of ether oxygens (including phenoxy) is 1. The van der Waals surface area contributed by atoms with Crippen LogP contribution in [0.4, 0.5) is 5.95 Å². The maximum atomic E-state index is 9.36. The van der Waals surface area contributed by atoms with Crippen LogP contribution in [-0.4, -0.2) is 72.6 Å². The zero-order valence-corrected chi connectivity index (χ0v) is 13.8. The fourth-order valence-corrected chi connectivity index (χ4v) is 3.13. The largest absolute Gasteiger partial charge is 0.395 e. The summed E-state index contributed by atoms with van der Waals surface area (Å²) in [6.45, 7) is 6.50. The molecule has 0 amide bonds. The molecule has 3 rings (SSSR count). The number of aliphatic hydroxyl groups is 1. The molecule has 1 saturated heterocycles. The summed E-state index contributed by atoms with van der Waals surface area (Å²) < 4.78 is 7.48. The molecule has 0 bridgehead atoms. The second kappa shape index (κ2) is 7.77. The summed E-state index contributed by atoms with van der Waals surface area (Å²) in [6.07, 6.45) is 1.10. The molecule has 126 valence electrons. The Bertz CT molecular complexity index is 622. The van der Waals surface area contributed by atoms with Crippen LogP contribution in [0.25, 0.3) is 11.0 Å². The first-order valence-corrected chi connectivity index (χ1v) is 8.37. The monoisotopic (exact) mass is 318 g/mol. The molecule has 0 unspecified atom stereocenters. The van der Waals surface area contributed by atoms with Crippen LogP contribution in [0.1, 0.15) is 6.42 Å². The predicted octanol–water partition coefficient (Wildman–Crippen LogP) is 1.19. The standard InChI is InChI=1S/C17H26N4O2/c1-19(7-4-8-20-10-13-23-14-11-20)17-18-15-5-2-3-6-16(15)21(17)9-12-22/h2-3,5-6,22H,4,7-14H2,1H3. The van der Waals surface area contributed by atoms with E-state index in [0.717, 1.165) is 62.8 Å². The fraction of sp³-hybridized carbons (Fsp3) is 0.588. The lowest BCUT2D eigenvalue weighted by atomic mass is 10.3. The maximum Gasteiger partial charge on any atom is 0.206 e. The Kier molecular flexibility index (Phi) is 5.48. The molecule has 1 aromatic carbocycles. The Morgan fingerprint density at radius 3 is 2.78 bits per heavy atom. The van der Waals surface area contributed by atoms with Crippen LogP contribution >= 0.6 is 0 Å². The van der Waals surface area contributed by atoms with E-state index in [1.54, 1.807) is 0 Å². The second-order valence-electron chi connectivity index (χ2n) is 6.00. The van der Waals surface area contributed by atoms with Crippen LogP contribution in [0, 0.1) is 0 Å². The lowest BCUT2D eigenvalue weighted by Gasteiger charge is -2.27. The Hall–Kier alpha value is -1.63. The minimum atomic E-state index is 0.120. The van der Waals surface area contributed by atoms with Gasteiger partial charge in [0.25, 0.3) is 0 Å². The lowest BCUT2D eigenvalue weighted by molar-refractivity contribution is 0.0377. The molecule has 23 heavy (non-hydrogen) atoms. The van der Waals surface area contributed by atoms with Crippen molar-refractivity contribution in [2.24, 2.45) is 0 Å². The number of nitrogens with zero attached hydrogens (tertiary/aromatic N) is 4. The van der Waals surface area contributed by atoms with Crippen molar-refractivity contribution in [2.75, 3.05) is 57.9 Å². The first-order valence-electron chi connectivity index (χ1n) is 8.37. The number of aromatic nitrogens is 2. The summed E-state index contributed by atoms with van der Waals surface area (Å²) in [5, 5.41) is 9.36. The second-order valence-corrected chi connectivity index (χ2v) is 6.00. The third-order valence-electron chi connectivity index (χ3n) is 4.37. The summed E-state index contributed by atoms with van der Waals surface area (Å²) in [7, 11) is 2.08. The van der Waals surface area contributed by atoms with Crippen molar-refractivity contribution in [3.63, 3.8) is 0 Å². The smallest absolute Gasteiger partial charge is 0.206 e. The SMILES string of the molecule is CN(CCCN1CCOCC1)c1nc2ccccc2n1CCO. The van der Waals surface area contributed by atoms with Crippen molar-refractivity contribution >= 4 is 17.0 Å². The van der Waals surface area contributed by atoms with Gasteiger partial charge in [-0.05, 0) is 18.6 Å². The highest BCUT2D eigenvalue weighted by Crippen LogP contribution is 2.21. The number of benzene rings is 1. The van der Waals surface area contributed by atoms with Gasteiger partial charge >= 0.3 is 0 Å². The molecule has 1 aromatic heterocycles. The van der Waals surface area contributed by atoms with Gasteiger partial charge < -0.3 is 19.3 Å². The van der Waals surface area contributed by atoms with Crippen molar-refractivity contribution < 1.29 is 9.84 Å². The Morgan fingerprint density at radius 1 is 1.22 bits per heavy atom. The van der Waals surface area contributed by atoms with E-state index in [2.05, 4.69) is 27.5 Å². The third-order valence-corrected chi connectivity index (χ3v) is 4.37. The highest BCUT2D eigenvalue weighted by molar-refractivity contribution is 5.78. The van der Waals surface area contributed by atoms with Crippen molar-refractivity contribution in [2.45, 2.75) is 13.0 Å². The van der Waals surface area contributed by atoms with Crippen LogP contribution in [0.3, 0.4) is 0 Å². The summed E-state index contributed by atoms with van der Waals surface area (Å²) in [6, 6.07) is 8.10. The molecule has 0 saturated carbocycles. The van der Waals surface area contributed by atoms with Gasteiger partial charge in [-0.15, -0.1) is 0 Å². The van der Waals surface area contributed by atoms with E-state index in [9.17, 15) is 5.11 Å². The Balaban J connectivity index is 1.65. The topological polar surface area (TPSA) is 53.8 Å². The van der Waals surface area contributed by atoms with Gasteiger partial charge in [-0.3, -0.25) is 4.90 Å². The number of anilines is 1. The van der Waals surface area contributed by atoms with Gasteiger partial charge in [-0.2, -0.15) is 0 Å². The van der Waals surface area contributed by atoms with Gasteiger partial charge in [-0.25, -0.2) is 4.98 Å². The highest BCUT2D eigenvalue weighted by atomic mass is 16.5. The molecule has 0 aliphatic carbocycles. The van der Waals surface area contributed by atoms with Crippen molar-refractivity contribution in [1.29, 1.82) is 0 Å². The number of hydrogen-bond donors (Lipinski definition) is 1. The van der Waals surface area contributed by atoms with Crippen molar-refractivity contribution in [3.8, 4) is 0 Å². The van der Waals surface area contributed by atoms with Crippen LogP contribution in [0.5, 0.6) is 0 Å². The van der Waals surface area contributed by atoms with Crippen LogP contribution in [-0.2, 0) is 11.3 Å². The molecule has 0 radical (unpaired) electrons. The highest BCUT2D eigenvalue weighted by Gasteiger charge is 2.15. The molecular weight excluding hydrogens is 292 g/mol. The average Bonchev–Trinajstić information content (AvgIpc) is 2.95. The van der Waals surface area contributed by atoms with Gasteiger partial charge in [-0.1, -0.05) is 12.1 Å². The normalized spacial score (nSPS) is 16.1. The van der Waals surface area contributed by atoms with Gasteiger partial charge in [0.2, 0.25) is 5.95 Å². The molecule has 1 N–H and O–H groups in total. The Morgan fingerprint density at radius 2 is 2.00 bits per heavy atom. The van der Waals surface area contributed by atoms with Crippen molar-refractivity contribution in [3.05, 3.63) is 24.3 Å². The summed E-state index contributed by atoms with van der Waals surface area (Å²) in [5.74, 6) is 0.933. The fourth-order valence-electron chi connectivity index (χ4n) is 3.13. The maximum absolute atomic E-state index is 9.36. The number of imidazole rings is 1. The molecule has 1 aliphatic heterocycles. The molecule has 0 spiro atoms. The first kappa shape index (κ1) is 16.2. The van der Waals surface area contributed by atoms with Gasteiger partial charge in [0.05, 0.1) is 30.9 Å². The molecule has 2 heterocycles. The number of fused-ring (bicyclic) bond motifs is 1. The lowest BCUT2D eigenvalue weighted by Crippen LogP contribution is -2.38. The zero-order valence-electron chi connectivity index (χ0n) is 13.8. The van der Waals surface area contributed by atoms with E-state index < -0.39 is 0 Å². The number of rotatable bonds is 7. The van der Waals surface area contributed by atoms with E-state index in [0.29, 0.717) is 6.54 Å². The average molecular weight is 318 g/mol. The number of morpholine rings is 1. The molecular formula is C17H26N4O2. The van der Waals surface area contributed by atoms with E-state index in [1.165, 1.54) is 0 Å². The van der Waals surface area contributed by atoms with E-state index in [1.807, 2.05) is 18.2 Å². The molecule has 6 nitrogen and oxygen atoms in total. The number of aliphatic hydroxyl groups excluding tert-OH is 1. The van der Waals surface area contributed by atoms with E-state index in [-0.39, 0.29) is 6.61 Å². The third kappa shape index (κ3) is 3.83. The van der Waals surface area contributed by atoms with Gasteiger partial charge in [0.1, 0.15) is 0 Å². The molecule has 6 heteroatoms. The minimum Gasteiger partial charge on any atom is -0.395 e. The molecule has 1 fully saturated rings. The molecule has 2 aromatic rings. The number of hydrogen-bond acceptors (Lipinski definition) is 5. The summed E-state index contributed by atoms with van der Waals surface area (Å²) >= 11 is 0. The number of para-hydroxylation sites is 2. The first-order chi connectivity index (χ1) is 11.3. The van der Waals surface area contributed by atoms with Crippen LogP contribution in [0.2, 0.25) is 0 Å². The zero-order chi connectivity index (χ0) is 16.1.